The summed E-state index contributed by atoms with van der Waals surface area (Å²) in [7, 11) is 1.40. The molecule has 0 nitrogen and oxygen atoms in total. The van der Waals surface area contributed by atoms with E-state index in [1.807, 2.05) is 0 Å². The molecule has 0 saturated heterocycles. The Labute approximate surface area is 77.3 Å². The second kappa shape index (κ2) is 15.9. The molecule has 5 heteroatoms. The van der Waals surface area contributed by atoms with Gasteiger partial charge in [-0.25, -0.2) is 0 Å². The normalized spacial score (nSPS) is 4.20. The van der Waals surface area contributed by atoms with Crippen LogP contribution in [0.4, 0.5) is 0 Å². The average Bonchev–Trinajstić information content (AvgIpc) is 0.918. The molecule has 0 bridgehead atoms. The molecule has 0 aliphatic carbocycles. The van der Waals surface area contributed by atoms with Gasteiger partial charge in [0.25, 0.3) is 0 Å². The molecule has 0 aromatic carbocycles. The summed E-state index contributed by atoms with van der Waals surface area (Å²) >= 11 is 3.54. The zero-order valence-electron chi connectivity index (χ0n) is 2.16. The van der Waals surface area contributed by atoms with Crippen molar-refractivity contribution in [3.05, 3.63) is 0 Å². The Morgan fingerprint density at radius 3 is 1.60 bits per heavy atom. The summed E-state index contributed by atoms with van der Waals surface area (Å²) in [4.78, 5) is 0. The molecule has 0 amide bonds. The Balaban J connectivity index is -0.0000000200. The first kappa shape index (κ1) is 15.6. The fraction of sp³-hybridized carbons (Fsp3) is 0. The quantitative estimate of drug-likeness (QED) is 0.390. The summed E-state index contributed by atoms with van der Waals surface area (Å²) in [6.45, 7) is 0. The maximum atomic E-state index is 2.59. The van der Waals surface area contributed by atoms with Crippen molar-refractivity contribution in [1.29, 1.82) is 0 Å². The molecule has 0 saturated carbocycles. The molecular weight excluding hydrogens is 364 g/mol. The van der Waals surface area contributed by atoms with E-state index in [2.05, 4.69) is 14.2 Å². The Kier molecular flexibility index (Phi) is 49.9. The average molecular weight is 371 g/mol. The van der Waals surface area contributed by atoms with Crippen molar-refractivity contribution in [1.82, 2.24) is 0 Å². The van der Waals surface area contributed by atoms with Gasteiger partial charge in [-0.3, -0.25) is 0 Å². The van der Waals surface area contributed by atoms with Crippen molar-refractivity contribution in [3.8, 4) is 0 Å². The standard InChI is InChI=1S/Cu.In.H4Se2Si.3H/c;;1-2-3;;;/h;;1H,3H3;;;. The number of rotatable bonds is 0. The van der Waals surface area contributed by atoms with Crippen LogP contribution in [0.1, 0.15) is 0 Å². The third kappa shape index (κ3) is 20.5. The van der Waals surface area contributed by atoms with Crippen molar-refractivity contribution in [3.63, 3.8) is 0 Å². The van der Waals surface area contributed by atoms with Gasteiger partial charge >= 0.3 is 61.4 Å². The first-order valence-electron chi connectivity index (χ1n) is 0.591. The van der Waals surface area contributed by atoms with E-state index < -0.39 is 0 Å². The predicted octanol–water partition coefficient (Wildman–Crippen LogP) is -3.40. The first-order valence-corrected chi connectivity index (χ1v) is 11.3. The van der Waals surface area contributed by atoms with Crippen LogP contribution in [-0.4, -0.2) is 61.4 Å². The van der Waals surface area contributed by atoms with Crippen LogP contribution in [0.25, 0.3) is 0 Å². The zero-order valence-corrected chi connectivity index (χ0v) is 8.69. The molecule has 37 valence electrons. The molecule has 0 rings (SSSR count). The van der Waals surface area contributed by atoms with Crippen molar-refractivity contribution < 1.29 is 17.1 Å². The van der Waals surface area contributed by atoms with Gasteiger partial charge < -0.3 is 0 Å². The third-order valence-corrected chi connectivity index (χ3v) is 0. The molecule has 0 aliphatic rings. The summed E-state index contributed by atoms with van der Waals surface area (Å²) in [5.74, 6) is 0. The van der Waals surface area contributed by atoms with Crippen LogP contribution in [0.3, 0.4) is 0 Å². The van der Waals surface area contributed by atoms with Crippen LogP contribution in [-0.2, 0) is 17.1 Å². The van der Waals surface area contributed by atoms with Crippen molar-refractivity contribution >= 4 is 61.4 Å². The molecule has 0 atom stereocenters. The zero-order chi connectivity index (χ0) is 2.71. The van der Waals surface area contributed by atoms with Crippen molar-refractivity contribution in [2.75, 3.05) is 0 Å². The van der Waals surface area contributed by atoms with Crippen LogP contribution < -0.4 is 0 Å². The van der Waals surface area contributed by atoms with E-state index in [1.165, 1.54) is 8.85 Å². The Morgan fingerprint density at radius 1 is 1.60 bits per heavy atom. The topological polar surface area (TPSA) is 0 Å². The minimum atomic E-state index is 0. The Bertz CT molecular complexity index is 9.61. The van der Waals surface area contributed by atoms with E-state index in [-0.39, 0.29) is 42.9 Å². The van der Waals surface area contributed by atoms with E-state index >= 15 is 0 Å². The molecule has 0 fully saturated rings. The van der Waals surface area contributed by atoms with Gasteiger partial charge in [-0.1, -0.05) is 0 Å². The van der Waals surface area contributed by atoms with Gasteiger partial charge in [0.1, 0.15) is 0 Å². The van der Waals surface area contributed by atoms with Gasteiger partial charge in [-0.15, -0.1) is 0 Å². The van der Waals surface area contributed by atoms with Gasteiger partial charge in [0.2, 0.25) is 0 Å². The van der Waals surface area contributed by atoms with Gasteiger partial charge in [0.05, 0.1) is 0 Å². The first-order chi connectivity index (χ1) is 1.41. The molecule has 0 spiro atoms. The van der Waals surface area contributed by atoms with E-state index in [0.717, 1.165) is 12.5 Å². The predicted molar refractivity (Wildman–Crippen MR) is 32.8 cm³/mol. The van der Waals surface area contributed by atoms with Crippen LogP contribution in [0.5, 0.6) is 0 Å². The SMILES string of the molecule is [Cu].[InH3].[SiH3][Se][SeH]. The summed E-state index contributed by atoms with van der Waals surface area (Å²) in [5, 5.41) is 0. The number of hydrogen-bond acceptors (Lipinski definition) is 0. The fourth-order valence-corrected chi connectivity index (χ4v) is 0. The molecule has 1 radical (unpaired) electrons. The minimum absolute atomic E-state index is 0. The van der Waals surface area contributed by atoms with Crippen LogP contribution >= 0.6 is 0 Å². The molecule has 0 N–H and O–H groups in total. The van der Waals surface area contributed by atoms with Gasteiger partial charge in [-0.2, -0.15) is 0 Å². The van der Waals surface area contributed by atoms with Crippen LogP contribution in [0, 0.1) is 0 Å². The van der Waals surface area contributed by atoms with E-state index in [1.54, 1.807) is 0 Å². The summed E-state index contributed by atoms with van der Waals surface area (Å²) in [5.41, 5.74) is 0. The molecule has 0 aliphatic heterocycles. The van der Waals surface area contributed by atoms with Crippen LogP contribution in [0.2, 0.25) is 0 Å². The molecule has 0 aromatic rings. The molecule has 5 heavy (non-hydrogen) atoms. The summed E-state index contributed by atoms with van der Waals surface area (Å²) in [6, 6.07) is 0. The third-order valence-electron chi connectivity index (χ3n) is 0. The summed E-state index contributed by atoms with van der Waals surface area (Å²) < 4.78 is 0. The second-order valence-electron chi connectivity index (χ2n) is 0.183. The molecule has 0 unspecified atom stereocenters. The monoisotopic (exact) mass is 373 g/mol. The van der Waals surface area contributed by atoms with Crippen molar-refractivity contribution in [2.45, 2.75) is 0 Å². The van der Waals surface area contributed by atoms with E-state index in [0.29, 0.717) is 0 Å². The number of hydrogen-bond donors (Lipinski definition) is 0. The molecule has 0 heterocycles. The molecule has 0 aromatic heterocycles. The van der Waals surface area contributed by atoms with Gasteiger partial charge in [0.15, 0.2) is 0 Å². The fourth-order valence-electron chi connectivity index (χ4n) is 0. The Hall–Kier alpha value is 2.65. The van der Waals surface area contributed by atoms with Gasteiger partial charge in [-0.05, 0) is 0 Å². The Morgan fingerprint density at radius 2 is 1.60 bits per heavy atom. The van der Waals surface area contributed by atoms with Crippen LogP contribution in [0.15, 0.2) is 0 Å². The summed E-state index contributed by atoms with van der Waals surface area (Å²) in [6.07, 6.45) is 0. The van der Waals surface area contributed by atoms with Crippen molar-refractivity contribution in [2.24, 2.45) is 0 Å². The van der Waals surface area contributed by atoms with Gasteiger partial charge in [0, 0.05) is 17.1 Å². The van der Waals surface area contributed by atoms with E-state index in [4.69, 9.17) is 0 Å². The molecular formula is H7CuInSe2Si. The van der Waals surface area contributed by atoms with E-state index in [9.17, 15) is 0 Å². The maximum absolute atomic E-state index is 2.59. The second-order valence-corrected chi connectivity index (χ2v) is 14.8.